The van der Waals surface area contributed by atoms with Gasteiger partial charge in [0.1, 0.15) is 5.82 Å². The SMILES string of the molecule is CCNC(c1ccc(F)c(Cl)c1)c1cccs1. The van der Waals surface area contributed by atoms with Crippen molar-refractivity contribution in [3.63, 3.8) is 0 Å². The number of rotatable bonds is 4. The molecule has 1 atom stereocenters. The summed E-state index contributed by atoms with van der Waals surface area (Å²) in [5.74, 6) is -0.378. The maximum atomic E-state index is 13.1. The van der Waals surface area contributed by atoms with Crippen molar-refractivity contribution in [1.29, 1.82) is 0 Å². The Labute approximate surface area is 109 Å². The van der Waals surface area contributed by atoms with E-state index in [1.54, 1.807) is 23.5 Å². The standard InChI is InChI=1S/C13H13ClFNS/c1-2-16-13(12-4-3-7-17-12)9-5-6-11(15)10(14)8-9/h3-8,13,16H,2H2,1H3. The van der Waals surface area contributed by atoms with Crippen LogP contribution in [0.1, 0.15) is 23.4 Å². The molecule has 0 aliphatic rings. The topological polar surface area (TPSA) is 12.0 Å². The molecule has 0 saturated heterocycles. The van der Waals surface area contributed by atoms with Crippen LogP contribution in [0.4, 0.5) is 4.39 Å². The summed E-state index contributed by atoms with van der Waals surface area (Å²) in [4.78, 5) is 1.20. The Morgan fingerprint density at radius 2 is 2.24 bits per heavy atom. The summed E-state index contributed by atoms with van der Waals surface area (Å²) in [6.07, 6.45) is 0. The fourth-order valence-electron chi connectivity index (χ4n) is 1.73. The van der Waals surface area contributed by atoms with Gasteiger partial charge in [-0.2, -0.15) is 0 Å². The summed E-state index contributed by atoms with van der Waals surface area (Å²) >= 11 is 7.50. The molecule has 1 N–H and O–H groups in total. The molecular weight excluding hydrogens is 257 g/mol. The first-order valence-electron chi connectivity index (χ1n) is 5.44. The molecule has 0 saturated carbocycles. The maximum absolute atomic E-state index is 13.1. The number of thiophene rings is 1. The quantitative estimate of drug-likeness (QED) is 0.875. The summed E-state index contributed by atoms with van der Waals surface area (Å²) in [6.45, 7) is 2.89. The first kappa shape index (κ1) is 12.6. The van der Waals surface area contributed by atoms with Crippen molar-refractivity contribution < 1.29 is 4.39 Å². The minimum absolute atomic E-state index is 0.0816. The van der Waals surface area contributed by atoms with Gasteiger partial charge < -0.3 is 5.32 Å². The molecular formula is C13H13ClFNS. The fraction of sp³-hybridized carbons (Fsp3) is 0.231. The van der Waals surface area contributed by atoms with E-state index >= 15 is 0 Å². The summed E-state index contributed by atoms with van der Waals surface area (Å²) in [5, 5.41) is 5.58. The van der Waals surface area contributed by atoms with E-state index in [1.807, 2.05) is 18.4 Å². The molecule has 0 aliphatic carbocycles. The normalized spacial score (nSPS) is 12.6. The molecule has 2 aromatic rings. The highest BCUT2D eigenvalue weighted by Crippen LogP contribution is 2.28. The van der Waals surface area contributed by atoms with Gasteiger partial charge in [0.2, 0.25) is 0 Å². The van der Waals surface area contributed by atoms with Gasteiger partial charge in [-0.3, -0.25) is 0 Å². The number of hydrogen-bond acceptors (Lipinski definition) is 2. The lowest BCUT2D eigenvalue weighted by Gasteiger charge is -2.17. The average molecular weight is 270 g/mol. The summed E-state index contributed by atoms with van der Waals surface area (Å²) in [6, 6.07) is 9.02. The van der Waals surface area contributed by atoms with Crippen molar-refractivity contribution in [2.45, 2.75) is 13.0 Å². The second-order valence-electron chi connectivity index (χ2n) is 3.68. The van der Waals surface area contributed by atoms with Gasteiger partial charge in [0.25, 0.3) is 0 Å². The number of hydrogen-bond donors (Lipinski definition) is 1. The van der Waals surface area contributed by atoms with E-state index in [0.29, 0.717) is 0 Å². The van der Waals surface area contributed by atoms with Crippen molar-refractivity contribution in [2.24, 2.45) is 0 Å². The summed E-state index contributed by atoms with van der Waals surface area (Å²) in [7, 11) is 0. The van der Waals surface area contributed by atoms with Gasteiger partial charge in [0, 0.05) is 4.88 Å². The average Bonchev–Trinajstić information content (AvgIpc) is 2.83. The highest BCUT2D eigenvalue weighted by molar-refractivity contribution is 7.10. The van der Waals surface area contributed by atoms with Crippen LogP contribution in [0.2, 0.25) is 5.02 Å². The van der Waals surface area contributed by atoms with E-state index < -0.39 is 0 Å². The van der Waals surface area contributed by atoms with Crippen LogP contribution in [0, 0.1) is 5.82 Å². The molecule has 4 heteroatoms. The molecule has 17 heavy (non-hydrogen) atoms. The monoisotopic (exact) mass is 269 g/mol. The smallest absolute Gasteiger partial charge is 0.141 e. The lowest BCUT2D eigenvalue weighted by atomic mass is 10.1. The largest absolute Gasteiger partial charge is 0.306 e. The van der Waals surface area contributed by atoms with E-state index in [-0.39, 0.29) is 16.9 Å². The van der Waals surface area contributed by atoms with E-state index in [1.165, 1.54) is 10.9 Å². The molecule has 1 aromatic carbocycles. The second kappa shape index (κ2) is 5.63. The predicted molar refractivity (Wildman–Crippen MR) is 71.2 cm³/mol. The molecule has 0 aliphatic heterocycles. The van der Waals surface area contributed by atoms with Crippen molar-refractivity contribution in [3.8, 4) is 0 Å². The van der Waals surface area contributed by atoms with Crippen LogP contribution in [0.15, 0.2) is 35.7 Å². The molecule has 0 bridgehead atoms. The highest BCUT2D eigenvalue weighted by Gasteiger charge is 2.15. The molecule has 1 aromatic heterocycles. The van der Waals surface area contributed by atoms with Gasteiger partial charge in [0.15, 0.2) is 0 Å². The van der Waals surface area contributed by atoms with Gasteiger partial charge in [-0.1, -0.05) is 30.7 Å². The number of halogens is 2. The third kappa shape index (κ3) is 2.86. The van der Waals surface area contributed by atoms with Crippen molar-refractivity contribution >= 4 is 22.9 Å². The van der Waals surface area contributed by atoms with Crippen LogP contribution >= 0.6 is 22.9 Å². The minimum atomic E-state index is -0.378. The molecule has 2 rings (SSSR count). The van der Waals surface area contributed by atoms with Gasteiger partial charge in [-0.05, 0) is 35.7 Å². The van der Waals surface area contributed by atoms with Gasteiger partial charge in [0.05, 0.1) is 11.1 Å². The van der Waals surface area contributed by atoms with Crippen molar-refractivity contribution in [2.75, 3.05) is 6.54 Å². The Balaban J connectivity index is 2.35. The zero-order valence-electron chi connectivity index (χ0n) is 9.41. The van der Waals surface area contributed by atoms with Crippen LogP contribution in [0.25, 0.3) is 0 Å². The third-order valence-corrected chi connectivity index (χ3v) is 3.74. The van der Waals surface area contributed by atoms with E-state index in [0.717, 1.165) is 12.1 Å². The van der Waals surface area contributed by atoms with Crippen LogP contribution in [0.3, 0.4) is 0 Å². The Hall–Kier alpha value is -0.900. The number of nitrogens with one attached hydrogen (secondary N) is 1. The van der Waals surface area contributed by atoms with Crippen molar-refractivity contribution in [1.82, 2.24) is 5.32 Å². The zero-order chi connectivity index (χ0) is 12.3. The van der Waals surface area contributed by atoms with Crippen LogP contribution in [-0.4, -0.2) is 6.54 Å². The lowest BCUT2D eigenvalue weighted by Crippen LogP contribution is -2.21. The minimum Gasteiger partial charge on any atom is -0.306 e. The van der Waals surface area contributed by atoms with Crippen LogP contribution in [0.5, 0.6) is 0 Å². The fourth-order valence-corrected chi connectivity index (χ4v) is 2.75. The Bertz CT molecular complexity index is 484. The molecule has 1 unspecified atom stereocenters. The zero-order valence-corrected chi connectivity index (χ0v) is 11.0. The molecule has 0 radical (unpaired) electrons. The molecule has 0 spiro atoms. The van der Waals surface area contributed by atoms with E-state index in [4.69, 9.17) is 11.6 Å². The third-order valence-electron chi connectivity index (χ3n) is 2.51. The van der Waals surface area contributed by atoms with E-state index in [9.17, 15) is 4.39 Å². The lowest BCUT2D eigenvalue weighted by molar-refractivity contribution is 0.617. The number of benzene rings is 1. The summed E-state index contributed by atoms with van der Waals surface area (Å²) in [5.41, 5.74) is 0.987. The highest BCUT2D eigenvalue weighted by atomic mass is 35.5. The van der Waals surface area contributed by atoms with Gasteiger partial charge >= 0.3 is 0 Å². The second-order valence-corrected chi connectivity index (χ2v) is 5.07. The Morgan fingerprint density at radius 3 is 2.82 bits per heavy atom. The predicted octanol–water partition coefficient (Wildman–Crippen LogP) is 4.24. The van der Waals surface area contributed by atoms with Crippen LogP contribution in [-0.2, 0) is 0 Å². The van der Waals surface area contributed by atoms with Gasteiger partial charge in [-0.25, -0.2) is 4.39 Å². The molecule has 90 valence electrons. The molecule has 1 nitrogen and oxygen atoms in total. The van der Waals surface area contributed by atoms with E-state index in [2.05, 4.69) is 11.4 Å². The van der Waals surface area contributed by atoms with Crippen LogP contribution < -0.4 is 5.32 Å². The molecule has 0 fully saturated rings. The Morgan fingerprint density at radius 1 is 1.41 bits per heavy atom. The first-order valence-corrected chi connectivity index (χ1v) is 6.70. The molecule has 1 heterocycles. The first-order chi connectivity index (χ1) is 8.22. The maximum Gasteiger partial charge on any atom is 0.141 e. The molecule has 0 amide bonds. The van der Waals surface area contributed by atoms with Gasteiger partial charge in [-0.15, -0.1) is 11.3 Å². The summed E-state index contributed by atoms with van der Waals surface area (Å²) < 4.78 is 13.1. The van der Waals surface area contributed by atoms with Crippen molar-refractivity contribution in [3.05, 3.63) is 57.0 Å². The Kier molecular flexibility index (Phi) is 4.15.